The van der Waals surface area contributed by atoms with Crippen LogP contribution in [0.15, 0.2) is 0 Å². The second-order valence-corrected chi connectivity index (χ2v) is 7.64. The van der Waals surface area contributed by atoms with E-state index in [0.717, 1.165) is 17.9 Å². The monoisotopic (exact) mass is 296 g/mol. The molecule has 0 aromatic heterocycles. The van der Waals surface area contributed by atoms with Crippen molar-refractivity contribution in [2.45, 2.75) is 98.2 Å². The van der Waals surface area contributed by atoms with Gasteiger partial charge < -0.3 is 5.32 Å². The lowest BCUT2D eigenvalue weighted by molar-refractivity contribution is 0.0384. The minimum atomic E-state index is 0.661. The van der Waals surface area contributed by atoms with Gasteiger partial charge >= 0.3 is 0 Å². The van der Waals surface area contributed by atoms with Gasteiger partial charge in [0.2, 0.25) is 0 Å². The van der Waals surface area contributed by atoms with Crippen LogP contribution in [0.1, 0.15) is 80.1 Å². The molecule has 1 aliphatic rings. The van der Waals surface area contributed by atoms with Gasteiger partial charge in [-0.05, 0) is 64.5 Å². The Hall–Kier alpha value is -0.0800. The van der Waals surface area contributed by atoms with E-state index in [-0.39, 0.29) is 0 Å². The number of hydrogen-bond donors (Lipinski definition) is 1. The molecule has 0 aromatic rings. The summed E-state index contributed by atoms with van der Waals surface area (Å²) < 4.78 is 0. The molecule has 0 heterocycles. The van der Waals surface area contributed by atoms with Crippen molar-refractivity contribution in [2.75, 3.05) is 13.1 Å². The largest absolute Gasteiger partial charge is 0.312 e. The van der Waals surface area contributed by atoms with Crippen LogP contribution in [0, 0.1) is 11.8 Å². The van der Waals surface area contributed by atoms with E-state index < -0.39 is 0 Å². The van der Waals surface area contributed by atoms with Crippen LogP contribution in [0.4, 0.5) is 0 Å². The minimum absolute atomic E-state index is 0.661. The normalized spacial score (nSPS) is 30.3. The summed E-state index contributed by atoms with van der Waals surface area (Å²) in [4.78, 5) is 2.81. The van der Waals surface area contributed by atoms with Crippen molar-refractivity contribution in [2.24, 2.45) is 11.8 Å². The highest BCUT2D eigenvalue weighted by Crippen LogP contribution is 2.33. The highest BCUT2D eigenvalue weighted by atomic mass is 15.2. The Balaban J connectivity index is 2.77. The fraction of sp³-hybridized carbons (Fsp3) is 1.00. The van der Waals surface area contributed by atoms with Crippen molar-refractivity contribution < 1.29 is 0 Å². The van der Waals surface area contributed by atoms with E-state index in [1.807, 2.05) is 0 Å². The molecule has 0 aromatic carbocycles. The average Bonchev–Trinajstić information content (AvgIpc) is 2.42. The lowest BCUT2D eigenvalue weighted by atomic mass is 9.75. The molecule has 4 atom stereocenters. The maximum Gasteiger partial charge on any atom is 0.0277 e. The summed E-state index contributed by atoms with van der Waals surface area (Å²) in [7, 11) is 0. The third kappa shape index (κ3) is 5.90. The molecular weight excluding hydrogens is 256 g/mol. The zero-order chi connectivity index (χ0) is 15.8. The zero-order valence-electron chi connectivity index (χ0n) is 15.5. The SMILES string of the molecule is CCCCCN(C(C)C)C1C(C)CC(C)CC1NCCC. The molecule has 0 aliphatic heterocycles. The van der Waals surface area contributed by atoms with E-state index in [9.17, 15) is 0 Å². The summed E-state index contributed by atoms with van der Waals surface area (Å²) >= 11 is 0. The molecule has 4 unspecified atom stereocenters. The maximum absolute atomic E-state index is 3.87. The van der Waals surface area contributed by atoms with Gasteiger partial charge in [-0.15, -0.1) is 0 Å². The first kappa shape index (κ1) is 19.0. The minimum Gasteiger partial charge on any atom is -0.312 e. The summed E-state index contributed by atoms with van der Waals surface area (Å²) in [5, 5.41) is 3.87. The van der Waals surface area contributed by atoms with Crippen molar-refractivity contribution in [1.29, 1.82) is 0 Å². The molecule has 126 valence electrons. The van der Waals surface area contributed by atoms with Gasteiger partial charge in [-0.3, -0.25) is 4.90 Å². The lowest BCUT2D eigenvalue weighted by Gasteiger charge is -2.48. The smallest absolute Gasteiger partial charge is 0.0277 e. The van der Waals surface area contributed by atoms with Crippen molar-refractivity contribution in [3.8, 4) is 0 Å². The number of unbranched alkanes of at least 4 members (excludes halogenated alkanes) is 2. The second kappa shape index (κ2) is 9.84. The number of nitrogens with one attached hydrogen (secondary N) is 1. The predicted octanol–water partition coefficient (Wildman–Crippen LogP) is 4.69. The van der Waals surface area contributed by atoms with Crippen molar-refractivity contribution in [3.05, 3.63) is 0 Å². The van der Waals surface area contributed by atoms with Crippen LogP contribution in [-0.2, 0) is 0 Å². The molecule has 1 rings (SSSR count). The van der Waals surface area contributed by atoms with E-state index in [1.54, 1.807) is 0 Å². The van der Waals surface area contributed by atoms with Gasteiger partial charge in [0.25, 0.3) is 0 Å². The standard InChI is InChI=1S/C19H40N2/c1-7-9-10-12-21(15(3)4)19-17(6)13-16(5)14-18(19)20-11-8-2/h15-20H,7-14H2,1-6H3. The van der Waals surface area contributed by atoms with E-state index in [1.165, 1.54) is 51.6 Å². The van der Waals surface area contributed by atoms with Gasteiger partial charge in [0.15, 0.2) is 0 Å². The predicted molar refractivity (Wildman–Crippen MR) is 94.8 cm³/mol. The first-order valence-corrected chi connectivity index (χ1v) is 9.50. The van der Waals surface area contributed by atoms with Gasteiger partial charge in [-0.25, -0.2) is 0 Å². The van der Waals surface area contributed by atoms with Crippen LogP contribution in [0.2, 0.25) is 0 Å². The molecule has 2 heteroatoms. The molecule has 0 saturated heterocycles. The fourth-order valence-corrected chi connectivity index (χ4v) is 4.23. The Morgan fingerprint density at radius 3 is 2.33 bits per heavy atom. The van der Waals surface area contributed by atoms with Crippen LogP contribution >= 0.6 is 0 Å². The van der Waals surface area contributed by atoms with Crippen LogP contribution in [0.25, 0.3) is 0 Å². The number of rotatable bonds is 9. The Kier molecular flexibility index (Phi) is 8.89. The van der Waals surface area contributed by atoms with Crippen molar-refractivity contribution >= 4 is 0 Å². The number of nitrogens with zero attached hydrogens (tertiary/aromatic N) is 1. The third-order valence-electron chi connectivity index (χ3n) is 5.15. The quantitative estimate of drug-likeness (QED) is 0.621. The highest BCUT2D eigenvalue weighted by molar-refractivity contribution is 4.95. The molecule has 0 bridgehead atoms. The van der Waals surface area contributed by atoms with E-state index in [4.69, 9.17) is 0 Å². The molecule has 0 spiro atoms. The Morgan fingerprint density at radius 2 is 1.76 bits per heavy atom. The molecule has 0 radical (unpaired) electrons. The second-order valence-electron chi connectivity index (χ2n) is 7.64. The Morgan fingerprint density at radius 1 is 1.05 bits per heavy atom. The van der Waals surface area contributed by atoms with Crippen molar-refractivity contribution in [3.63, 3.8) is 0 Å². The number of hydrogen-bond acceptors (Lipinski definition) is 2. The van der Waals surface area contributed by atoms with Gasteiger partial charge in [-0.1, -0.05) is 40.5 Å². The molecule has 1 N–H and O–H groups in total. The first-order valence-electron chi connectivity index (χ1n) is 9.50. The molecule has 1 fully saturated rings. The summed E-state index contributed by atoms with van der Waals surface area (Å²) in [5.74, 6) is 1.68. The summed E-state index contributed by atoms with van der Waals surface area (Å²) in [6, 6.07) is 2.07. The zero-order valence-corrected chi connectivity index (χ0v) is 15.5. The molecule has 2 nitrogen and oxygen atoms in total. The highest BCUT2D eigenvalue weighted by Gasteiger charge is 2.37. The molecule has 1 aliphatic carbocycles. The summed E-state index contributed by atoms with van der Waals surface area (Å²) in [5.41, 5.74) is 0. The average molecular weight is 297 g/mol. The van der Waals surface area contributed by atoms with Gasteiger partial charge in [-0.2, -0.15) is 0 Å². The fourth-order valence-electron chi connectivity index (χ4n) is 4.23. The molecule has 1 saturated carbocycles. The molecule has 21 heavy (non-hydrogen) atoms. The van der Waals surface area contributed by atoms with Crippen LogP contribution in [-0.4, -0.2) is 36.1 Å². The lowest BCUT2D eigenvalue weighted by Crippen LogP contribution is -2.58. The van der Waals surface area contributed by atoms with E-state index in [2.05, 4.69) is 51.8 Å². The summed E-state index contributed by atoms with van der Waals surface area (Å²) in [6.45, 7) is 16.7. The topological polar surface area (TPSA) is 15.3 Å². The third-order valence-corrected chi connectivity index (χ3v) is 5.15. The Bertz CT molecular complexity index is 264. The van der Waals surface area contributed by atoms with Gasteiger partial charge in [0, 0.05) is 18.1 Å². The van der Waals surface area contributed by atoms with Gasteiger partial charge in [0.05, 0.1) is 0 Å². The van der Waals surface area contributed by atoms with Crippen molar-refractivity contribution in [1.82, 2.24) is 10.2 Å². The van der Waals surface area contributed by atoms with Crippen LogP contribution < -0.4 is 5.32 Å². The molecular formula is C19H40N2. The first-order chi connectivity index (χ1) is 10.0. The van der Waals surface area contributed by atoms with E-state index in [0.29, 0.717) is 12.1 Å². The molecule has 0 amide bonds. The van der Waals surface area contributed by atoms with E-state index >= 15 is 0 Å². The maximum atomic E-state index is 3.87. The van der Waals surface area contributed by atoms with Crippen LogP contribution in [0.5, 0.6) is 0 Å². The van der Waals surface area contributed by atoms with Crippen LogP contribution in [0.3, 0.4) is 0 Å². The van der Waals surface area contributed by atoms with Gasteiger partial charge in [0.1, 0.15) is 0 Å². The summed E-state index contributed by atoms with van der Waals surface area (Å²) in [6.07, 6.45) is 8.03. The Labute approximate surface area is 134 Å².